The Morgan fingerprint density at radius 3 is 2.47 bits per heavy atom. The van der Waals surface area contributed by atoms with E-state index in [1.165, 1.54) is 5.56 Å². The Bertz CT molecular complexity index is 477. The van der Waals surface area contributed by atoms with Crippen LogP contribution < -0.4 is 0 Å². The maximum atomic E-state index is 4.16. The number of aromatic nitrogens is 4. The lowest BCUT2D eigenvalue weighted by atomic mass is 10.2. The molecule has 0 atom stereocenters. The van der Waals surface area contributed by atoms with Gasteiger partial charge in [0.2, 0.25) is 0 Å². The van der Waals surface area contributed by atoms with Gasteiger partial charge in [-0.1, -0.05) is 0 Å². The smallest absolute Gasteiger partial charge is 0.146 e. The molecule has 0 aliphatic carbocycles. The van der Waals surface area contributed by atoms with Gasteiger partial charge in [-0.05, 0) is 31.7 Å². The van der Waals surface area contributed by atoms with Crippen molar-refractivity contribution in [2.45, 2.75) is 20.0 Å². The lowest BCUT2D eigenvalue weighted by Crippen LogP contribution is -2.19. The molecule has 2 aromatic rings. The lowest BCUT2D eigenvalue weighted by Gasteiger charge is -2.15. The zero-order chi connectivity index (χ0) is 12.3. The average Bonchev–Trinajstić information content (AvgIpc) is 2.62. The predicted molar refractivity (Wildman–Crippen MR) is 65.1 cm³/mol. The summed E-state index contributed by atoms with van der Waals surface area (Å²) in [7, 11) is 4.06. The molecule has 0 amide bonds. The zero-order valence-electron chi connectivity index (χ0n) is 10.5. The van der Waals surface area contributed by atoms with Gasteiger partial charge in [0, 0.05) is 26.0 Å². The highest BCUT2D eigenvalue weighted by molar-refractivity contribution is 5.09. The van der Waals surface area contributed by atoms with Gasteiger partial charge in [0.1, 0.15) is 11.6 Å². The Balaban J connectivity index is 1.98. The van der Waals surface area contributed by atoms with Gasteiger partial charge < -0.3 is 4.57 Å². The highest BCUT2D eigenvalue weighted by atomic mass is 15.3. The third-order valence-corrected chi connectivity index (χ3v) is 2.80. The van der Waals surface area contributed by atoms with Crippen molar-refractivity contribution in [3.63, 3.8) is 0 Å². The Morgan fingerprint density at radius 1 is 1.18 bits per heavy atom. The molecule has 0 aromatic carbocycles. The van der Waals surface area contributed by atoms with Crippen LogP contribution in [-0.4, -0.2) is 31.7 Å². The maximum Gasteiger partial charge on any atom is 0.146 e. The molecule has 0 aliphatic heterocycles. The molecule has 2 rings (SSSR count). The van der Waals surface area contributed by atoms with Gasteiger partial charge in [0.15, 0.2) is 0 Å². The lowest BCUT2D eigenvalue weighted by molar-refractivity contribution is 0.306. The van der Waals surface area contributed by atoms with Crippen LogP contribution in [-0.2, 0) is 20.1 Å². The van der Waals surface area contributed by atoms with Crippen LogP contribution in [0.25, 0.3) is 0 Å². The van der Waals surface area contributed by atoms with E-state index in [0.29, 0.717) is 0 Å². The van der Waals surface area contributed by atoms with Crippen LogP contribution in [0.2, 0.25) is 0 Å². The fraction of sp³-hybridized carbons (Fsp3) is 0.417. The van der Waals surface area contributed by atoms with Gasteiger partial charge in [-0.15, -0.1) is 10.2 Å². The van der Waals surface area contributed by atoms with Crippen molar-refractivity contribution in [1.29, 1.82) is 0 Å². The van der Waals surface area contributed by atoms with Crippen LogP contribution in [0, 0.1) is 6.92 Å². The minimum Gasteiger partial charge on any atom is -0.317 e. The third-order valence-electron chi connectivity index (χ3n) is 2.80. The Hall–Kier alpha value is -1.75. The highest BCUT2D eigenvalue weighted by Gasteiger charge is 2.08. The minimum atomic E-state index is 0.791. The molecule has 0 bridgehead atoms. The van der Waals surface area contributed by atoms with Gasteiger partial charge in [0.05, 0.1) is 6.54 Å². The number of aryl methyl sites for hydroxylation is 1. The van der Waals surface area contributed by atoms with E-state index >= 15 is 0 Å². The first kappa shape index (κ1) is 11.7. The molecular formula is C12H17N5. The highest BCUT2D eigenvalue weighted by Crippen LogP contribution is 2.06. The summed E-state index contributed by atoms with van der Waals surface area (Å²) in [4.78, 5) is 6.22. The van der Waals surface area contributed by atoms with Crippen LogP contribution >= 0.6 is 0 Å². The predicted octanol–water partition coefficient (Wildman–Crippen LogP) is 1.15. The van der Waals surface area contributed by atoms with Crippen molar-refractivity contribution in [1.82, 2.24) is 24.6 Å². The van der Waals surface area contributed by atoms with Crippen LogP contribution in [0.5, 0.6) is 0 Å². The van der Waals surface area contributed by atoms with Gasteiger partial charge in [-0.3, -0.25) is 9.88 Å². The first-order chi connectivity index (χ1) is 8.16. The summed E-state index contributed by atoms with van der Waals surface area (Å²) in [6.07, 6.45) is 3.63. The Labute approximate surface area is 101 Å². The second-order valence-corrected chi connectivity index (χ2v) is 4.25. The third kappa shape index (κ3) is 2.88. The van der Waals surface area contributed by atoms with E-state index in [4.69, 9.17) is 0 Å². The van der Waals surface area contributed by atoms with Gasteiger partial charge >= 0.3 is 0 Å². The van der Waals surface area contributed by atoms with Gasteiger partial charge in [0.25, 0.3) is 0 Å². The van der Waals surface area contributed by atoms with E-state index in [1.54, 1.807) is 0 Å². The second kappa shape index (κ2) is 5.05. The molecule has 2 heterocycles. The molecule has 90 valence electrons. The summed E-state index contributed by atoms with van der Waals surface area (Å²) in [6, 6.07) is 4.05. The molecule has 0 N–H and O–H groups in total. The summed E-state index contributed by atoms with van der Waals surface area (Å²) in [6.45, 7) is 3.63. The van der Waals surface area contributed by atoms with Crippen LogP contribution in [0.4, 0.5) is 0 Å². The number of hydrogen-bond donors (Lipinski definition) is 0. The molecule has 0 unspecified atom stereocenters. The van der Waals surface area contributed by atoms with E-state index in [1.807, 2.05) is 43.1 Å². The summed E-state index contributed by atoms with van der Waals surface area (Å²) >= 11 is 0. The first-order valence-electron chi connectivity index (χ1n) is 5.59. The molecule has 17 heavy (non-hydrogen) atoms. The quantitative estimate of drug-likeness (QED) is 0.792. The van der Waals surface area contributed by atoms with Crippen molar-refractivity contribution in [3.05, 3.63) is 41.7 Å². The van der Waals surface area contributed by atoms with Crippen LogP contribution in [0.3, 0.4) is 0 Å². The van der Waals surface area contributed by atoms with Crippen LogP contribution in [0.1, 0.15) is 17.2 Å². The molecule has 0 fully saturated rings. The number of pyridine rings is 1. The van der Waals surface area contributed by atoms with Crippen molar-refractivity contribution >= 4 is 0 Å². The summed E-state index contributed by atoms with van der Waals surface area (Å²) in [5.74, 6) is 1.93. The topological polar surface area (TPSA) is 46.8 Å². The van der Waals surface area contributed by atoms with Crippen molar-refractivity contribution in [3.8, 4) is 0 Å². The number of rotatable bonds is 4. The van der Waals surface area contributed by atoms with Gasteiger partial charge in [-0.2, -0.15) is 0 Å². The van der Waals surface area contributed by atoms with Crippen molar-refractivity contribution in [2.24, 2.45) is 7.05 Å². The zero-order valence-corrected chi connectivity index (χ0v) is 10.5. The number of nitrogens with zero attached hydrogens (tertiary/aromatic N) is 5. The molecular weight excluding hydrogens is 214 g/mol. The average molecular weight is 231 g/mol. The first-order valence-corrected chi connectivity index (χ1v) is 5.59. The second-order valence-electron chi connectivity index (χ2n) is 4.25. The monoisotopic (exact) mass is 231 g/mol. The minimum absolute atomic E-state index is 0.791. The van der Waals surface area contributed by atoms with E-state index in [2.05, 4.69) is 27.1 Å². The van der Waals surface area contributed by atoms with Crippen molar-refractivity contribution in [2.75, 3.05) is 7.05 Å². The van der Waals surface area contributed by atoms with E-state index in [9.17, 15) is 0 Å². The summed E-state index contributed by atoms with van der Waals surface area (Å²) in [5.41, 5.74) is 1.25. The molecule has 2 aromatic heterocycles. The van der Waals surface area contributed by atoms with Gasteiger partial charge in [-0.25, -0.2) is 0 Å². The largest absolute Gasteiger partial charge is 0.317 e. The van der Waals surface area contributed by atoms with Crippen LogP contribution in [0.15, 0.2) is 24.5 Å². The van der Waals surface area contributed by atoms with E-state index in [0.717, 1.165) is 24.7 Å². The number of hydrogen-bond acceptors (Lipinski definition) is 4. The normalized spacial score (nSPS) is 11.1. The molecule has 5 nitrogen and oxygen atoms in total. The molecule has 0 aliphatic rings. The Kier molecular flexibility index (Phi) is 3.49. The summed E-state index contributed by atoms with van der Waals surface area (Å²) < 4.78 is 2.02. The molecule has 0 radical (unpaired) electrons. The standard InChI is InChI=1S/C12H17N5/c1-10-14-15-12(17(10)3)9-16(2)8-11-4-6-13-7-5-11/h4-7H,8-9H2,1-3H3. The van der Waals surface area contributed by atoms with E-state index < -0.39 is 0 Å². The molecule has 0 saturated heterocycles. The molecule has 0 spiro atoms. The fourth-order valence-electron chi connectivity index (χ4n) is 1.69. The van der Waals surface area contributed by atoms with Crippen molar-refractivity contribution < 1.29 is 0 Å². The SMILES string of the molecule is Cc1nnc(CN(C)Cc2ccncc2)n1C. The van der Waals surface area contributed by atoms with E-state index in [-0.39, 0.29) is 0 Å². The summed E-state index contributed by atoms with van der Waals surface area (Å²) in [5, 5.41) is 8.21. The molecule has 0 saturated carbocycles. The Morgan fingerprint density at radius 2 is 1.88 bits per heavy atom. The maximum absolute atomic E-state index is 4.16. The fourth-order valence-corrected chi connectivity index (χ4v) is 1.69. The molecule has 5 heteroatoms.